The lowest BCUT2D eigenvalue weighted by Gasteiger charge is -2.33. The van der Waals surface area contributed by atoms with Crippen molar-refractivity contribution in [3.05, 3.63) is 75.5 Å². The Labute approximate surface area is 197 Å². The second-order valence-electron chi connectivity index (χ2n) is 7.94. The van der Waals surface area contributed by atoms with Crippen LogP contribution in [0.1, 0.15) is 51.9 Å². The molecule has 2 aromatic carbocycles. The van der Waals surface area contributed by atoms with Crippen molar-refractivity contribution in [3.8, 4) is 0 Å². The second-order valence-corrected chi connectivity index (χ2v) is 8.90. The van der Waals surface area contributed by atoms with Crippen molar-refractivity contribution >= 4 is 29.0 Å². The zero-order valence-electron chi connectivity index (χ0n) is 18.8. The molecule has 0 radical (unpaired) electrons. The van der Waals surface area contributed by atoms with E-state index in [0.29, 0.717) is 4.88 Å². The Morgan fingerprint density at radius 3 is 2.32 bits per heavy atom. The molecule has 34 heavy (non-hydrogen) atoms. The molecular weight excluding hydrogens is 472 g/mol. The first-order valence-electron chi connectivity index (χ1n) is 10.3. The van der Waals surface area contributed by atoms with E-state index in [1.54, 1.807) is 20.8 Å². The zero-order chi connectivity index (χ0) is 25.2. The predicted molar refractivity (Wildman–Crippen MR) is 120 cm³/mol. The molecule has 11 heteroatoms. The number of aryl methyl sites for hydroxylation is 2. The molecule has 180 valence electrons. The number of halogens is 4. The maximum atomic E-state index is 14.5. The highest BCUT2D eigenvalue weighted by molar-refractivity contribution is 7.05. The Bertz CT molecular complexity index is 1210. The molecule has 0 aliphatic carbocycles. The molecule has 3 aromatic rings. The maximum Gasteiger partial charge on any atom is 0.416 e. The fourth-order valence-corrected chi connectivity index (χ4v) is 3.87. The van der Waals surface area contributed by atoms with E-state index in [1.165, 1.54) is 31.2 Å². The average molecular weight is 495 g/mol. The minimum atomic E-state index is -4.81. The van der Waals surface area contributed by atoms with Crippen molar-refractivity contribution in [1.29, 1.82) is 0 Å². The number of nitrogens with zero attached hydrogens (tertiary/aromatic N) is 3. The van der Waals surface area contributed by atoms with Gasteiger partial charge in [-0.2, -0.15) is 13.2 Å². The topological polar surface area (TPSA) is 75.2 Å². The van der Waals surface area contributed by atoms with Crippen LogP contribution in [0, 0.1) is 19.7 Å². The standard InChI is InChI=1S/C23H22F4N4O2S/c1-12(2)28-21(32)20(16-7-5-6-8-17(16)23(25,26)27)31(15-10-9-13(3)18(24)11-15)22(33)19-14(4)34-30-29-19/h5-12,20H,1-4H3,(H,28,32). The predicted octanol–water partition coefficient (Wildman–Crippen LogP) is 5.23. The molecule has 1 atom stereocenters. The van der Waals surface area contributed by atoms with E-state index in [0.717, 1.165) is 34.6 Å². The van der Waals surface area contributed by atoms with E-state index in [9.17, 15) is 27.2 Å². The molecule has 1 heterocycles. The zero-order valence-corrected chi connectivity index (χ0v) is 19.6. The quantitative estimate of drug-likeness (QED) is 0.477. The fourth-order valence-electron chi connectivity index (χ4n) is 3.41. The Hall–Kier alpha value is -3.34. The average Bonchev–Trinajstić information content (AvgIpc) is 3.18. The smallest absolute Gasteiger partial charge is 0.352 e. The second kappa shape index (κ2) is 9.88. The lowest BCUT2D eigenvalue weighted by molar-refractivity contribution is -0.138. The number of hydrogen-bond donors (Lipinski definition) is 1. The first-order valence-corrected chi connectivity index (χ1v) is 11.0. The third-order valence-corrected chi connectivity index (χ3v) is 5.64. The summed E-state index contributed by atoms with van der Waals surface area (Å²) < 4.78 is 60.1. The van der Waals surface area contributed by atoms with Crippen LogP contribution in [0.15, 0.2) is 42.5 Å². The van der Waals surface area contributed by atoms with Gasteiger partial charge in [0.15, 0.2) is 5.69 Å². The number of amides is 2. The fraction of sp³-hybridized carbons (Fsp3) is 0.304. The van der Waals surface area contributed by atoms with Gasteiger partial charge in [0.25, 0.3) is 5.91 Å². The summed E-state index contributed by atoms with van der Waals surface area (Å²) in [6.07, 6.45) is -4.81. The van der Waals surface area contributed by atoms with Crippen LogP contribution in [-0.4, -0.2) is 27.4 Å². The lowest BCUT2D eigenvalue weighted by Crippen LogP contribution is -2.46. The molecule has 6 nitrogen and oxygen atoms in total. The summed E-state index contributed by atoms with van der Waals surface area (Å²) in [6.45, 7) is 6.34. The number of benzene rings is 2. The lowest BCUT2D eigenvalue weighted by atomic mass is 9.96. The summed E-state index contributed by atoms with van der Waals surface area (Å²) in [5.41, 5.74) is -1.51. The van der Waals surface area contributed by atoms with Crippen LogP contribution < -0.4 is 10.2 Å². The Kier molecular flexibility index (Phi) is 7.35. The summed E-state index contributed by atoms with van der Waals surface area (Å²) >= 11 is 0.922. The van der Waals surface area contributed by atoms with Gasteiger partial charge < -0.3 is 5.32 Å². The highest BCUT2D eigenvalue weighted by Crippen LogP contribution is 2.39. The van der Waals surface area contributed by atoms with Crippen LogP contribution in [0.5, 0.6) is 0 Å². The first-order chi connectivity index (χ1) is 15.9. The number of carbonyl (C=O) groups is 2. The molecule has 0 aliphatic rings. The van der Waals surface area contributed by atoms with E-state index in [2.05, 4.69) is 14.9 Å². The molecular formula is C23H22F4N4O2S. The number of rotatable bonds is 6. The van der Waals surface area contributed by atoms with Gasteiger partial charge in [0.1, 0.15) is 11.9 Å². The molecule has 0 aliphatic heterocycles. The highest BCUT2D eigenvalue weighted by atomic mass is 32.1. The van der Waals surface area contributed by atoms with Crippen molar-refractivity contribution < 1.29 is 27.2 Å². The van der Waals surface area contributed by atoms with Gasteiger partial charge in [-0.05, 0) is 68.6 Å². The van der Waals surface area contributed by atoms with Gasteiger partial charge >= 0.3 is 6.18 Å². The maximum absolute atomic E-state index is 14.5. The van der Waals surface area contributed by atoms with Crippen LogP contribution in [0.25, 0.3) is 0 Å². The Morgan fingerprint density at radius 2 is 1.76 bits per heavy atom. The van der Waals surface area contributed by atoms with Crippen LogP contribution in [-0.2, 0) is 11.0 Å². The molecule has 0 fully saturated rings. The molecule has 2 amide bonds. The van der Waals surface area contributed by atoms with Gasteiger partial charge in [-0.15, -0.1) is 5.10 Å². The van der Waals surface area contributed by atoms with E-state index in [1.807, 2.05) is 0 Å². The monoisotopic (exact) mass is 494 g/mol. The normalized spacial score (nSPS) is 12.5. The van der Waals surface area contributed by atoms with Gasteiger partial charge in [0.2, 0.25) is 5.91 Å². The van der Waals surface area contributed by atoms with Gasteiger partial charge in [-0.1, -0.05) is 28.8 Å². The first kappa shape index (κ1) is 25.3. The molecule has 0 saturated carbocycles. The van der Waals surface area contributed by atoms with Gasteiger partial charge in [0.05, 0.1) is 10.4 Å². The Balaban J connectivity index is 2.32. The van der Waals surface area contributed by atoms with E-state index in [-0.39, 0.29) is 16.9 Å². The molecule has 1 N–H and O–H groups in total. The third kappa shape index (κ3) is 5.24. The summed E-state index contributed by atoms with van der Waals surface area (Å²) in [7, 11) is 0. The molecule has 1 unspecified atom stereocenters. The summed E-state index contributed by atoms with van der Waals surface area (Å²) in [5.74, 6) is -2.42. The molecule has 1 aromatic heterocycles. The van der Waals surface area contributed by atoms with Crippen molar-refractivity contribution in [2.24, 2.45) is 0 Å². The Morgan fingerprint density at radius 1 is 1.09 bits per heavy atom. The number of aromatic nitrogens is 2. The summed E-state index contributed by atoms with van der Waals surface area (Å²) in [6, 6.07) is 6.04. The third-order valence-electron chi connectivity index (χ3n) is 5.01. The number of carbonyl (C=O) groups excluding carboxylic acids is 2. The van der Waals surface area contributed by atoms with E-state index >= 15 is 0 Å². The van der Waals surface area contributed by atoms with Crippen molar-refractivity contribution in [1.82, 2.24) is 14.9 Å². The summed E-state index contributed by atoms with van der Waals surface area (Å²) in [5, 5.41) is 6.38. The van der Waals surface area contributed by atoms with Crippen LogP contribution >= 0.6 is 11.5 Å². The van der Waals surface area contributed by atoms with Gasteiger partial charge in [0, 0.05) is 11.7 Å². The summed E-state index contributed by atoms with van der Waals surface area (Å²) in [4.78, 5) is 28.2. The van der Waals surface area contributed by atoms with Crippen molar-refractivity contribution in [3.63, 3.8) is 0 Å². The number of hydrogen-bond acceptors (Lipinski definition) is 5. The minimum Gasteiger partial charge on any atom is -0.352 e. The van der Waals surface area contributed by atoms with Crippen molar-refractivity contribution in [2.45, 2.75) is 46.0 Å². The molecule has 3 rings (SSSR count). The van der Waals surface area contributed by atoms with E-state index in [4.69, 9.17) is 0 Å². The number of anilines is 1. The van der Waals surface area contributed by atoms with Crippen molar-refractivity contribution in [2.75, 3.05) is 4.90 Å². The van der Waals surface area contributed by atoms with Crippen LogP contribution in [0.2, 0.25) is 0 Å². The number of alkyl halides is 3. The SMILES string of the molecule is Cc1ccc(N(C(=O)c2nnsc2C)C(C(=O)NC(C)C)c2ccccc2C(F)(F)F)cc1F. The molecule has 0 spiro atoms. The van der Waals surface area contributed by atoms with Crippen LogP contribution in [0.3, 0.4) is 0 Å². The molecule has 0 bridgehead atoms. The minimum absolute atomic E-state index is 0.0959. The largest absolute Gasteiger partial charge is 0.416 e. The highest BCUT2D eigenvalue weighted by Gasteiger charge is 2.42. The van der Waals surface area contributed by atoms with Gasteiger partial charge in [-0.25, -0.2) is 4.39 Å². The molecule has 0 saturated heterocycles. The van der Waals surface area contributed by atoms with Gasteiger partial charge in [-0.3, -0.25) is 14.5 Å². The van der Waals surface area contributed by atoms with Crippen LogP contribution in [0.4, 0.5) is 23.2 Å². The van der Waals surface area contributed by atoms with E-state index < -0.39 is 47.0 Å². The number of nitrogens with one attached hydrogen (secondary N) is 1.